The van der Waals surface area contributed by atoms with Gasteiger partial charge in [-0.15, -0.1) is 0 Å². The molecule has 82 valence electrons. The first-order chi connectivity index (χ1) is 6.96. The Morgan fingerprint density at radius 3 is 2.87 bits per heavy atom. The smallest absolute Gasteiger partial charge is 0.209 e. The Bertz CT molecular complexity index is 484. The van der Waals surface area contributed by atoms with E-state index < -0.39 is 10.0 Å². The van der Waals surface area contributed by atoms with Crippen LogP contribution in [-0.2, 0) is 16.4 Å². The van der Waals surface area contributed by atoms with Gasteiger partial charge in [-0.3, -0.25) is 0 Å². The molecular formula is C10H12FNO2S. The predicted octanol–water partition coefficient (Wildman–Crippen LogP) is 1.36. The molecule has 0 spiro atoms. The van der Waals surface area contributed by atoms with Gasteiger partial charge in [-0.1, -0.05) is 6.07 Å². The molecule has 1 aliphatic rings. The largest absolute Gasteiger partial charge is 0.213 e. The molecule has 0 bridgehead atoms. The molecule has 1 aromatic rings. The van der Waals surface area contributed by atoms with Crippen molar-refractivity contribution in [1.29, 1.82) is 0 Å². The Kier molecular flexibility index (Phi) is 2.52. The lowest BCUT2D eigenvalue weighted by Gasteiger charge is -2.11. The summed E-state index contributed by atoms with van der Waals surface area (Å²) in [5, 5.41) is 0. The van der Waals surface area contributed by atoms with Crippen molar-refractivity contribution in [2.75, 3.05) is 6.26 Å². The molecule has 0 amide bonds. The van der Waals surface area contributed by atoms with Crippen LogP contribution >= 0.6 is 0 Å². The zero-order chi connectivity index (χ0) is 11.1. The van der Waals surface area contributed by atoms with Gasteiger partial charge in [0.15, 0.2) is 0 Å². The second-order valence-electron chi connectivity index (χ2n) is 3.82. The summed E-state index contributed by atoms with van der Waals surface area (Å²) >= 11 is 0. The fraction of sp³-hybridized carbons (Fsp3) is 0.400. The van der Waals surface area contributed by atoms with Crippen LogP contribution in [0.3, 0.4) is 0 Å². The molecule has 3 nitrogen and oxygen atoms in total. The minimum Gasteiger partial charge on any atom is -0.213 e. The molecule has 0 saturated heterocycles. The Balaban J connectivity index is 2.32. The molecule has 0 aliphatic heterocycles. The zero-order valence-corrected chi connectivity index (χ0v) is 9.14. The Morgan fingerprint density at radius 1 is 1.47 bits per heavy atom. The number of halogens is 1. The van der Waals surface area contributed by atoms with Crippen LogP contribution in [0, 0.1) is 5.82 Å². The van der Waals surface area contributed by atoms with Gasteiger partial charge in [0.2, 0.25) is 10.0 Å². The molecule has 15 heavy (non-hydrogen) atoms. The van der Waals surface area contributed by atoms with E-state index in [-0.39, 0.29) is 11.9 Å². The van der Waals surface area contributed by atoms with E-state index in [1.165, 1.54) is 12.1 Å². The Morgan fingerprint density at radius 2 is 2.20 bits per heavy atom. The molecule has 1 N–H and O–H groups in total. The summed E-state index contributed by atoms with van der Waals surface area (Å²) < 4.78 is 37.7. The predicted molar refractivity (Wildman–Crippen MR) is 55.4 cm³/mol. The highest BCUT2D eigenvalue weighted by molar-refractivity contribution is 7.88. The van der Waals surface area contributed by atoms with Gasteiger partial charge in [0.05, 0.1) is 6.26 Å². The number of sulfonamides is 1. The first-order valence-electron chi connectivity index (χ1n) is 4.71. The lowest BCUT2D eigenvalue weighted by Crippen LogP contribution is -2.25. The SMILES string of the molecule is CS(=O)(=O)NC1CCc2ccc(F)cc21. The van der Waals surface area contributed by atoms with Crippen LogP contribution in [0.5, 0.6) is 0 Å². The van der Waals surface area contributed by atoms with Gasteiger partial charge in [0.1, 0.15) is 5.82 Å². The lowest BCUT2D eigenvalue weighted by atomic mass is 10.1. The highest BCUT2D eigenvalue weighted by atomic mass is 32.2. The van der Waals surface area contributed by atoms with Crippen molar-refractivity contribution in [3.63, 3.8) is 0 Å². The van der Waals surface area contributed by atoms with E-state index in [9.17, 15) is 12.8 Å². The van der Waals surface area contributed by atoms with Gasteiger partial charge in [-0.2, -0.15) is 0 Å². The molecule has 2 rings (SSSR count). The van der Waals surface area contributed by atoms with Crippen molar-refractivity contribution in [2.45, 2.75) is 18.9 Å². The summed E-state index contributed by atoms with van der Waals surface area (Å²) in [5.41, 5.74) is 1.79. The van der Waals surface area contributed by atoms with Gasteiger partial charge in [0.25, 0.3) is 0 Å². The fourth-order valence-electron chi connectivity index (χ4n) is 1.95. The van der Waals surface area contributed by atoms with E-state index in [2.05, 4.69) is 4.72 Å². The Hall–Kier alpha value is -0.940. The van der Waals surface area contributed by atoms with E-state index >= 15 is 0 Å². The average Bonchev–Trinajstić information content (AvgIpc) is 2.46. The summed E-state index contributed by atoms with van der Waals surface area (Å²) in [5.74, 6) is -0.323. The van der Waals surface area contributed by atoms with E-state index in [1.54, 1.807) is 6.07 Å². The molecular weight excluding hydrogens is 217 g/mol. The maximum Gasteiger partial charge on any atom is 0.209 e. The highest BCUT2D eigenvalue weighted by Crippen LogP contribution is 2.31. The maximum atomic E-state index is 13.0. The lowest BCUT2D eigenvalue weighted by molar-refractivity contribution is 0.558. The Labute approximate surface area is 88.4 Å². The van der Waals surface area contributed by atoms with Crippen molar-refractivity contribution in [2.24, 2.45) is 0 Å². The number of hydrogen-bond acceptors (Lipinski definition) is 2. The van der Waals surface area contributed by atoms with Crippen LogP contribution in [0.1, 0.15) is 23.6 Å². The first kappa shape index (κ1) is 10.6. The number of hydrogen-bond donors (Lipinski definition) is 1. The van der Waals surface area contributed by atoms with E-state index in [1.807, 2.05) is 0 Å². The third-order valence-electron chi connectivity index (χ3n) is 2.54. The van der Waals surface area contributed by atoms with Crippen LogP contribution in [0.15, 0.2) is 18.2 Å². The topological polar surface area (TPSA) is 46.2 Å². The van der Waals surface area contributed by atoms with E-state index in [0.29, 0.717) is 6.42 Å². The highest BCUT2D eigenvalue weighted by Gasteiger charge is 2.25. The molecule has 1 atom stereocenters. The third kappa shape index (κ3) is 2.35. The van der Waals surface area contributed by atoms with Gasteiger partial charge >= 0.3 is 0 Å². The quantitative estimate of drug-likeness (QED) is 0.832. The van der Waals surface area contributed by atoms with Crippen molar-refractivity contribution in [3.05, 3.63) is 35.1 Å². The van der Waals surface area contributed by atoms with Gasteiger partial charge in [-0.05, 0) is 36.1 Å². The van der Waals surface area contributed by atoms with Crippen molar-refractivity contribution < 1.29 is 12.8 Å². The van der Waals surface area contributed by atoms with E-state index in [4.69, 9.17) is 0 Å². The monoisotopic (exact) mass is 229 g/mol. The van der Waals surface area contributed by atoms with E-state index in [0.717, 1.165) is 23.8 Å². The van der Waals surface area contributed by atoms with Gasteiger partial charge < -0.3 is 0 Å². The summed E-state index contributed by atoms with van der Waals surface area (Å²) in [6.07, 6.45) is 2.61. The molecule has 0 aromatic heterocycles. The number of nitrogens with one attached hydrogen (secondary N) is 1. The molecule has 1 unspecified atom stereocenters. The van der Waals surface area contributed by atoms with Crippen LogP contribution in [0.4, 0.5) is 4.39 Å². The van der Waals surface area contributed by atoms with Crippen LogP contribution in [0.25, 0.3) is 0 Å². The molecule has 0 radical (unpaired) electrons. The first-order valence-corrected chi connectivity index (χ1v) is 6.60. The van der Waals surface area contributed by atoms with Gasteiger partial charge in [0, 0.05) is 6.04 Å². The summed E-state index contributed by atoms with van der Waals surface area (Å²) in [7, 11) is -3.24. The van der Waals surface area contributed by atoms with Crippen LogP contribution in [0.2, 0.25) is 0 Å². The third-order valence-corrected chi connectivity index (χ3v) is 3.25. The van der Waals surface area contributed by atoms with Crippen LogP contribution in [-0.4, -0.2) is 14.7 Å². The molecule has 0 heterocycles. The van der Waals surface area contributed by atoms with Crippen LogP contribution < -0.4 is 4.72 Å². The number of benzene rings is 1. The number of fused-ring (bicyclic) bond motifs is 1. The second-order valence-corrected chi connectivity index (χ2v) is 5.60. The average molecular weight is 229 g/mol. The molecule has 0 fully saturated rings. The summed E-state index contributed by atoms with van der Waals surface area (Å²) in [6.45, 7) is 0. The normalized spacial score (nSPS) is 20.3. The maximum absolute atomic E-state index is 13.0. The molecule has 0 saturated carbocycles. The van der Waals surface area contributed by atoms with Crippen molar-refractivity contribution in [1.82, 2.24) is 4.72 Å². The zero-order valence-electron chi connectivity index (χ0n) is 8.33. The second kappa shape index (κ2) is 3.57. The standard InChI is InChI=1S/C10H12FNO2S/c1-15(13,14)12-10-5-3-7-2-4-8(11)6-9(7)10/h2,4,6,10,12H,3,5H2,1H3. The minimum atomic E-state index is -3.24. The minimum absolute atomic E-state index is 0.273. The number of rotatable bonds is 2. The number of aryl methyl sites for hydroxylation is 1. The summed E-state index contributed by atoms with van der Waals surface area (Å²) in [4.78, 5) is 0. The summed E-state index contributed by atoms with van der Waals surface area (Å²) in [6, 6.07) is 4.26. The molecule has 1 aromatic carbocycles. The molecule has 1 aliphatic carbocycles. The van der Waals surface area contributed by atoms with Crippen molar-refractivity contribution in [3.8, 4) is 0 Å². The van der Waals surface area contributed by atoms with Gasteiger partial charge in [-0.25, -0.2) is 17.5 Å². The fourth-order valence-corrected chi connectivity index (χ4v) is 2.72. The van der Waals surface area contributed by atoms with Crippen molar-refractivity contribution >= 4 is 10.0 Å². The molecule has 5 heteroatoms.